The van der Waals surface area contributed by atoms with Crippen LogP contribution in [0.3, 0.4) is 0 Å². The van der Waals surface area contributed by atoms with Crippen molar-refractivity contribution in [3.63, 3.8) is 0 Å². The lowest BCUT2D eigenvalue weighted by Gasteiger charge is -2.36. The summed E-state index contributed by atoms with van der Waals surface area (Å²) in [4.78, 5) is 2.45. The predicted molar refractivity (Wildman–Crippen MR) is 70.2 cm³/mol. The Bertz CT molecular complexity index is 292. The van der Waals surface area contributed by atoms with Crippen LogP contribution < -0.4 is 5.73 Å². The minimum Gasteiger partial charge on any atom is -0.347 e. The number of nitrogens with two attached hydrogens (primary N) is 1. The van der Waals surface area contributed by atoms with E-state index < -0.39 is 0 Å². The zero-order valence-corrected chi connectivity index (χ0v) is 11.4. The van der Waals surface area contributed by atoms with Gasteiger partial charge in [0.25, 0.3) is 0 Å². The molecule has 2 N–H and O–H groups in total. The van der Waals surface area contributed by atoms with Crippen LogP contribution in [0, 0.1) is 5.92 Å². The van der Waals surface area contributed by atoms with E-state index in [1.807, 2.05) is 0 Å². The van der Waals surface area contributed by atoms with Gasteiger partial charge in [-0.25, -0.2) is 0 Å². The molecule has 3 rings (SSSR count). The van der Waals surface area contributed by atoms with Crippen molar-refractivity contribution in [2.24, 2.45) is 11.7 Å². The van der Waals surface area contributed by atoms with Gasteiger partial charge < -0.3 is 15.2 Å². The average Bonchev–Trinajstić information content (AvgIpc) is 2.96. The van der Waals surface area contributed by atoms with Crippen molar-refractivity contribution < 1.29 is 9.47 Å². The molecule has 2 aliphatic heterocycles. The molecule has 2 saturated heterocycles. The highest BCUT2D eigenvalue weighted by Gasteiger charge is 2.44. The standard InChI is InChI=1S/C14H26N2O2/c1-11-4-7-16(9-13(11)15)8-12-10-17-14(18-12)5-2-3-6-14/h11-13H,2-10,15H2,1H3. The molecule has 104 valence electrons. The van der Waals surface area contributed by atoms with Crippen LogP contribution >= 0.6 is 0 Å². The number of rotatable bonds is 2. The lowest BCUT2D eigenvalue weighted by atomic mass is 9.94. The van der Waals surface area contributed by atoms with E-state index in [0.29, 0.717) is 12.0 Å². The minimum absolute atomic E-state index is 0.212. The number of hydrogen-bond donors (Lipinski definition) is 1. The molecule has 3 fully saturated rings. The van der Waals surface area contributed by atoms with Crippen LogP contribution in [-0.2, 0) is 9.47 Å². The van der Waals surface area contributed by atoms with E-state index in [4.69, 9.17) is 15.2 Å². The Balaban J connectivity index is 1.49. The monoisotopic (exact) mass is 254 g/mol. The summed E-state index contributed by atoms with van der Waals surface area (Å²) < 4.78 is 12.1. The first-order valence-corrected chi connectivity index (χ1v) is 7.47. The summed E-state index contributed by atoms with van der Waals surface area (Å²) >= 11 is 0. The van der Waals surface area contributed by atoms with E-state index >= 15 is 0 Å². The van der Waals surface area contributed by atoms with E-state index in [-0.39, 0.29) is 11.9 Å². The fourth-order valence-corrected chi connectivity index (χ4v) is 3.51. The van der Waals surface area contributed by atoms with Crippen molar-refractivity contribution in [3.8, 4) is 0 Å². The van der Waals surface area contributed by atoms with Crippen molar-refractivity contribution in [2.75, 3.05) is 26.2 Å². The van der Waals surface area contributed by atoms with Crippen molar-refractivity contribution >= 4 is 0 Å². The molecule has 3 aliphatic rings. The van der Waals surface area contributed by atoms with Gasteiger partial charge in [-0.1, -0.05) is 6.92 Å². The molecular formula is C14H26N2O2. The van der Waals surface area contributed by atoms with Crippen molar-refractivity contribution in [3.05, 3.63) is 0 Å². The Morgan fingerprint density at radius 3 is 2.83 bits per heavy atom. The first kappa shape index (κ1) is 12.9. The molecule has 2 heterocycles. The highest BCUT2D eigenvalue weighted by atomic mass is 16.7. The van der Waals surface area contributed by atoms with Gasteiger partial charge in [-0.15, -0.1) is 0 Å². The summed E-state index contributed by atoms with van der Waals surface area (Å²) in [6.45, 7) is 6.17. The Labute approximate surface area is 110 Å². The molecule has 4 heteroatoms. The molecule has 1 saturated carbocycles. The maximum absolute atomic E-state index is 6.17. The van der Waals surface area contributed by atoms with Crippen LogP contribution in [0.15, 0.2) is 0 Å². The van der Waals surface area contributed by atoms with Gasteiger partial charge >= 0.3 is 0 Å². The van der Waals surface area contributed by atoms with Crippen LogP contribution in [0.4, 0.5) is 0 Å². The van der Waals surface area contributed by atoms with Crippen LogP contribution in [0.1, 0.15) is 39.0 Å². The zero-order chi connectivity index (χ0) is 12.6. The summed E-state index contributed by atoms with van der Waals surface area (Å²) in [6, 6.07) is 0.321. The fourth-order valence-electron chi connectivity index (χ4n) is 3.51. The Morgan fingerprint density at radius 1 is 1.33 bits per heavy atom. The first-order chi connectivity index (χ1) is 8.67. The lowest BCUT2D eigenvalue weighted by Crippen LogP contribution is -2.50. The van der Waals surface area contributed by atoms with Gasteiger partial charge in [0.2, 0.25) is 0 Å². The second-order valence-corrected chi connectivity index (χ2v) is 6.36. The van der Waals surface area contributed by atoms with Crippen molar-refractivity contribution in [2.45, 2.75) is 57.0 Å². The molecule has 3 atom stereocenters. The highest BCUT2D eigenvalue weighted by Crippen LogP contribution is 2.39. The third-order valence-corrected chi connectivity index (χ3v) is 4.84. The van der Waals surface area contributed by atoms with E-state index in [0.717, 1.165) is 39.1 Å². The summed E-state index contributed by atoms with van der Waals surface area (Å²) in [5, 5.41) is 0. The maximum atomic E-state index is 6.17. The summed E-state index contributed by atoms with van der Waals surface area (Å²) in [5.74, 6) is 0.443. The van der Waals surface area contributed by atoms with Crippen LogP contribution in [0.2, 0.25) is 0 Å². The molecule has 0 bridgehead atoms. The average molecular weight is 254 g/mol. The van der Waals surface area contributed by atoms with Gasteiger partial charge in [-0.3, -0.25) is 4.90 Å². The molecular weight excluding hydrogens is 228 g/mol. The van der Waals surface area contributed by atoms with E-state index in [1.54, 1.807) is 0 Å². The third-order valence-electron chi connectivity index (χ3n) is 4.84. The van der Waals surface area contributed by atoms with Crippen molar-refractivity contribution in [1.29, 1.82) is 0 Å². The summed E-state index contributed by atoms with van der Waals surface area (Å²) in [7, 11) is 0. The summed E-state index contributed by atoms with van der Waals surface area (Å²) in [6.07, 6.45) is 6.13. The highest BCUT2D eigenvalue weighted by molar-refractivity contribution is 4.87. The van der Waals surface area contributed by atoms with Crippen LogP contribution in [-0.4, -0.2) is 49.1 Å². The van der Waals surface area contributed by atoms with E-state index in [2.05, 4.69) is 11.8 Å². The van der Waals surface area contributed by atoms with Gasteiger partial charge in [0, 0.05) is 32.0 Å². The molecule has 4 nitrogen and oxygen atoms in total. The molecule has 1 aliphatic carbocycles. The van der Waals surface area contributed by atoms with Crippen molar-refractivity contribution in [1.82, 2.24) is 4.90 Å². The van der Waals surface area contributed by atoms with Gasteiger partial charge in [-0.05, 0) is 31.7 Å². The molecule has 0 aromatic heterocycles. The van der Waals surface area contributed by atoms with Gasteiger partial charge in [0.05, 0.1) is 12.7 Å². The fraction of sp³-hybridized carbons (Fsp3) is 1.00. The number of piperidine rings is 1. The Morgan fingerprint density at radius 2 is 2.11 bits per heavy atom. The normalized spacial score (nSPS) is 40.7. The van der Waals surface area contributed by atoms with Gasteiger partial charge in [-0.2, -0.15) is 0 Å². The third kappa shape index (κ3) is 2.57. The second-order valence-electron chi connectivity index (χ2n) is 6.36. The number of nitrogens with zero attached hydrogens (tertiary/aromatic N) is 1. The SMILES string of the molecule is CC1CCN(CC2COC3(CCCC3)O2)CC1N. The maximum Gasteiger partial charge on any atom is 0.168 e. The molecule has 0 radical (unpaired) electrons. The molecule has 3 unspecified atom stereocenters. The Kier molecular flexibility index (Phi) is 3.63. The largest absolute Gasteiger partial charge is 0.347 e. The van der Waals surface area contributed by atoms with Crippen LogP contribution in [0.5, 0.6) is 0 Å². The molecule has 0 aromatic carbocycles. The predicted octanol–water partition coefficient (Wildman–Crippen LogP) is 1.34. The zero-order valence-electron chi connectivity index (χ0n) is 11.4. The number of ether oxygens (including phenoxy) is 2. The van der Waals surface area contributed by atoms with Gasteiger partial charge in [0.15, 0.2) is 5.79 Å². The van der Waals surface area contributed by atoms with E-state index in [1.165, 1.54) is 19.3 Å². The number of hydrogen-bond acceptors (Lipinski definition) is 4. The summed E-state index contributed by atoms with van der Waals surface area (Å²) in [5.41, 5.74) is 6.14. The topological polar surface area (TPSA) is 47.7 Å². The van der Waals surface area contributed by atoms with Crippen LogP contribution in [0.25, 0.3) is 0 Å². The molecule has 0 aromatic rings. The number of likely N-dealkylation sites (tertiary alicyclic amines) is 1. The smallest absolute Gasteiger partial charge is 0.168 e. The molecule has 1 spiro atoms. The Hall–Kier alpha value is -0.160. The molecule has 0 amide bonds. The van der Waals surface area contributed by atoms with E-state index in [9.17, 15) is 0 Å². The first-order valence-electron chi connectivity index (χ1n) is 7.47. The lowest BCUT2D eigenvalue weighted by molar-refractivity contribution is -0.163. The van der Waals surface area contributed by atoms with Gasteiger partial charge in [0.1, 0.15) is 0 Å². The minimum atomic E-state index is -0.212. The quantitative estimate of drug-likeness (QED) is 0.808. The second kappa shape index (κ2) is 5.08. The molecule has 18 heavy (non-hydrogen) atoms.